The maximum absolute atomic E-state index is 12.4. The van der Waals surface area contributed by atoms with Crippen molar-refractivity contribution in [3.8, 4) is 0 Å². The zero-order valence-corrected chi connectivity index (χ0v) is 42.5. The molecule has 0 fully saturated rings. The van der Waals surface area contributed by atoms with Gasteiger partial charge in [-0.25, -0.2) is 0 Å². The van der Waals surface area contributed by atoms with Crippen LogP contribution in [0.25, 0.3) is 0 Å². The lowest BCUT2D eigenvalue weighted by atomic mass is 10.1. The van der Waals surface area contributed by atoms with Gasteiger partial charge in [0.25, 0.3) is 5.56 Å². The second-order valence-corrected chi connectivity index (χ2v) is 14.8. The number of ether oxygens (including phenoxy) is 1. The minimum Gasteiger partial charge on any atom is -0.391 e. The first-order valence-corrected chi connectivity index (χ1v) is 23.8. The minimum atomic E-state index is -0.732. The van der Waals surface area contributed by atoms with E-state index in [4.69, 9.17) is 10.1 Å². The Kier molecular flexibility index (Phi) is 39.5. The van der Waals surface area contributed by atoms with Gasteiger partial charge in [0.2, 0.25) is 42.4 Å². The maximum Gasteiger partial charge on any atom is 0.257 e. The topological polar surface area (TPSA) is 287 Å². The summed E-state index contributed by atoms with van der Waals surface area (Å²) in [7, 11) is 1.75. The first kappa shape index (κ1) is 65.3. The maximum atomic E-state index is 12.4. The molecule has 1 atom stereocenters. The molecule has 1 aromatic carbocycles. The number of rotatable bonds is 28. The van der Waals surface area contributed by atoms with Gasteiger partial charge in [0, 0.05) is 44.7 Å². The number of pyridine rings is 1. The van der Waals surface area contributed by atoms with E-state index in [0.717, 1.165) is 49.8 Å². The molecule has 0 bridgehead atoms. The SMILES string of the molecule is CC.CC.CCCCCCN(C)C(=O)/C=C\C=O.CCNC(=O)C(Cc1ccccc1)NC(=O)CNC(=O)CNC=O.Cc1cc2n(c(=O)c1CO)C/C(=C\CCCCNC(=O)COCNC=O)C2=N. The van der Waals surface area contributed by atoms with Crippen molar-refractivity contribution in [2.24, 2.45) is 0 Å². The van der Waals surface area contributed by atoms with E-state index in [1.54, 1.807) is 31.9 Å². The quantitative estimate of drug-likeness (QED) is 0.0265. The van der Waals surface area contributed by atoms with Gasteiger partial charge in [-0.2, -0.15) is 0 Å². The summed E-state index contributed by atoms with van der Waals surface area (Å²) in [6.07, 6.45) is 13.3. The Labute approximate surface area is 413 Å². The first-order chi connectivity index (χ1) is 33.8. The highest BCUT2D eigenvalue weighted by molar-refractivity contribution is 6.11. The molecule has 0 radical (unpaired) electrons. The third kappa shape index (κ3) is 28.5. The van der Waals surface area contributed by atoms with Crippen LogP contribution in [0.3, 0.4) is 0 Å². The Balaban J connectivity index is 0. The number of nitrogens with zero attached hydrogens (tertiary/aromatic N) is 2. The Hall–Kier alpha value is -6.80. The van der Waals surface area contributed by atoms with Crippen molar-refractivity contribution in [1.82, 2.24) is 41.4 Å². The molecule has 0 saturated heterocycles. The van der Waals surface area contributed by atoms with Crippen molar-refractivity contribution in [3.05, 3.63) is 92.9 Å². The largest absolute Gasteiger partial charge is 0.391 e. The first-order valence-electron chi connectivity index (χ1n) is 23.8. The Morgan fingerprint density at radius 1 is 0.871 bits per heavy atom. The molecule has 8 N–H and O–H groups in total. The van der Waals surface area contributed by atoms with Crippen molar-refractivity contribution >= 4 is 54.4 Å². The predicted molar refractivity (Wildman–Crippen MR) is 271 cm³/mol. The Bertz CT molecular complexity index is 2000. The van der Waals surface area contributed by atoms with Gasteiger partial charge in [-0.15, -0.1) is 0 Å². The fourth-order valence-corrected chi connectivity index (χ4v) is 6.12. The van der Waals surface area contributed by atoms with Crippen molar-refractivity contribution in [3.63, 3.8) is 0 Å². The summed E-state index contributed by atoms with van der Waals surface area (Å²) >= 11 is 0. The van der Waals surface area contributed by atoms with Crippen LogP contribution < -0.4 is 37.5 Å². The zero-order valence-electron chi connectivity index (χ0n) is 42.5. The van der Waals surface area contributed by atoms with E-state index in [1.807, 2.05) is 64.1 Å². The van der Waals surface area contributed by atoms with Crippen molar-refractivity contribution in [2.75, 3.05) is 53.1 Å². The number of aliphatic hydroxyl groups excluding tert-OH is 1. The number of carbonyl (C=O) groups is 8. The highest BCUT2D eigenvalue weighted by Gasteiger charge is 2.25. The number of fused-ring (bicyclic) bond motifs is 1. The molecule has 20 nitrogen and oxygen atoms in total. The van der Waals surface area contributed by atoms with Crippen LogP contribution in [0.2, 0.25) is 0 Å². The zero-order chi connectivity index (χ0) is 53.1. The summed E-state index contributed by atoms with van der Waals surface area (Å²) in [4.78, 5) is 102. The number of aldehydes is 1. The van der Waals surface area contributed by atoms with Crippen LogP contribution >= 0.6 is 0 Å². The summed E-state index contributed by atoms with van der Waals surface area (Å²) < 4.78 is 6.46. The molecule has 2 heterocycles. The number of aryl methyl sites for hydroxylation is 1. The van der Waals surface area contributed by atoms with E-state index in [9.17, 15) is 48.3 Å². The van der Waals surface area contributed by atoms with Crippen molar-refractivity contribution in [1.29, 1.82) is 5.41 Å². The van der Waals surface area contributed by atoms with Crippen molar-refractivity contribution < 1.29 is 48.2 Å². The van der Waals surface area contributed by atoms with Gasteiger partial charge in [0.05, 0.1) is 37.6 Å². The predicted octanol–water partition coefficient (Wildman–Crippen LogP) is 2.51. The molecule has 3 rings (SSSR count). The van der Waals surface area contributed by atoms with Gasteiger partial charge in [-0.3, -0.25) is 48.6 Å². The summed E-state index contributed by atoms with van der Waals surface area (Å²) in [6.45, 7) is 14.9. The third-order valence-electron chi connectivity index (χ3n) is 9.65. The molecule has 1 unspecified atom stereocenters. The number of hydrogen-bond acceptors (Lipinski definition) is 12. The number of benzene rings is 1. The average molecular weight is 982 g/mol. The van der Waals surface area contributed by atoms with Crippen LogP contribution in [0.1, 0.15) is 109 Å². The van der Waals surface area contributed by atoms with Gasteiger partial charge >= 0.3 is 0 Å². The number of likely N-dealkylation sites (N-methyl/N-ethyl adjacent to an activating group) is 2. The molecule has 0 saturated carbocycles. The van der Waals surface area contributed by atoms with Crippen LogP contribution in [-0.4, -0.2) is 128 Å². The van der Waals surface area contributed by atoms with Gasteiger partial charge < -0.3 is 51.2 Å². The monoisotopic (exact) mass is 982 g/mol. The number of amides is 7. The fraction of sp³-hybridized carbons (Fsp3) is 0.520. The molecule has 2 aromatic rings. The smallest absolute Gasteiger partial charge is 0.257 e. The summed E-state index contributed by atoms with van der Waals surface area (Å²) in [6, 6.07) is 10.4. The van der Waals surface area contributed by atoms with E-state index in [0.29, 0.717) is 67.7 Å². The molecule has 1 aliphatic heterocycles. The average Bonchev–Trinajstić information content (AvgIpc) is 3.68. The Morgan fingerprint density at radius 3 is 2.17 bits per heavy atom. The standard InChI is InChI=1S/C19H26N4O5.C16H22N4O4.C11H19NO2.2C2H6/c1-13-7-16-18(20)14(8-23(16)19(27)15(13)9-24)5-3-2-4-6-22-17(26)10-28-12-21-11-25;1-2-18-16(24)13(8-12-6-4-3-5-7-12)20-15(23)10-19-14(22)9-17-11-21;1-3-4-5-6-9-12(2)11(14)8-7-10-13;2*1-2/h5,7,11,20,24H,2-4,6,8-10,12H2,1H3,(H,21,25)(H,22,26);3-7,11,13H,2,8-10H2,1H3,(H,17,21)(H,18,24)(H,19,22)(H,20,23);7-8,10H,3-6,9H2,1-2H3;2*1-2H3/b14-5+,20-18?;;8-7-;;. The van der Waals surface area contributed by atoms with Crippen LogP contribution in [0, 0.1) is 12.3 Å². The van der Waals surface area contributed by atoms with Crippen LogP contribution in [0.15, 0.2) is 65.0 Å². The van der Waals surface area contributed by atoms with Crippen LogP contribution in [0.4, 0.5) is 0 Å². The highest BCUT2D eigenvalue weighted by atomic mass is 16.5. The van der Waals surface area contributed by atoms with E-state index in [2.05, 4.69) is 38.8 Å². The van der Waals surface area contributed by atoms with Gasteiger partial charge in [-0.1, -0.05) is 90.3 Å². The molecule has 70 heavy (non-hydrogen) atoms. The molecule has 20 heteroatoms. The summed E-state index contributed by atoms with van der Waals surface area (Å²) in [5.41, 5.74) is 3.48. The lowest BCUT2D eigenvalue weighted by Crippen LogP contribution is -2.51. The number of hydrogen-bond donors (Lipinski definition) is 8. The fourth-order valence-electron chi connectivity index (χ4n) is 6.12. The molecule has 7 amide bonds. The molecule has 390 valence electrons. The van der Waals surface area contributed by atoms with Gasteiger partial charge in [-0.05, 0) is 68.4 Å². The second-order valence-electron chi connectivity index (χ2n) is 14.8. The highest BCUT2D eigenvalue weighted by Crippen LogP contribution is 2.21. The molecule has 0 aliphatic carbocycles. The van der Waals surface area contributed by atoms with E-state index in [1.165, 1.54) is 29.6 Å². The summed E-state index contributed by atoms with van der Waals surface area (Å²) in [5.74, 6) is -1.61. The second kappa shape index (κ2) is 42.3. The molecule has 1 aromatic heterocycles. The number of unbranched alkanes of at least 4 members (excludes halogenated alkanes) is 5. The normalized spacial score (nSPS) is 11.7. The minimum absolute atomic E-state index is 0.00124. The molecular weight excluding hydrogens is 903 g/mol. The molecule has 1 aliphatic rings. The Morgan fingerprint density at radius 2 is 1.56 bits per heavy atom. The third-order valence-corrected chi connectivity index (χ3v) is 9.65. The number of allylic oxidation sites excluding steroid dienone is 3. The lowest BCUT2D eigenvalue weighted by molar-refractivity contribution is -0.129. The van der Waals surface area contributed by atoms with Crippen LogP contribution in [0.5, 0.6) is 0 Å². The number of aromatic nitrogens is 1. The lowest BCUT2D eigenvalue weighted by Gasteiger charge is -2.18. The molecular formula is C50H79N9O11. The van der Waals surface area contributed by atoms with Crippen LogP contribution in [-0.2, 0) is 62.7 Å². The van der Waals surface area contributed by atoms with Crippen molar-refractivity contribution in [2.45, 2.75) is 119 Å². The molecule has 0 spiro atoms. The number of nitrogens with one attached hydrogen (secondary N) is 7. The van der Waals surface area contributed by atoms with E-state index < -0.39 is 17.9 Å². The van der Waals surface area contributed by atoms with Gasteiger partial charge in [0.15, 0.2) is 0 Å². The van der Waals surface area contributed by atoms with E-state index in [-0.39, 0.29) is 56.3 Å². The van der Waals surface area contributed by atoms with E-state index >= 15 is 0 Å². The summed E-state index contributed by atoms with van der Waals surface area (Å²) in [5, 5.41) is 32.5. The number of aliphatic hydroxyl groups is 1. The number of carbonyl (C=O) groups excluding carboxylic acids is 8. The van der Waals surface area contributed by atoms with Gasteiger partial charge in [0.1, 0.15) is 25.7 Å².